The maximum atomic E-state index is 12.1. The molecule has 0 unspecified atom stereocenters. The Bertz CT molecular complexity index is 613. The second kappa shape index (κ2) is 7.84. The fraction of sp³-hybridized carbons (Fsp3) is 0.294. The van der Waals surface area contributed by atoms with Gasteiger partial charge in [-0.3, -0.25) is 4.79 Å². The Hall–Kier alpha value is -1.81. The molecule has 1 aromatic heterocycles. The highest BCUT2D eigenvalue weighted by Crippen LogP contribution is 2.22. The number of para-hydroxylation sites is 1. The molecule has 0 saturated heterocycles. The van der Waals surface area contributed by atoms with Gasteiger partial charge >= 0.3 is 0 Å². The van der Waals surface area contributed by atoms with Crippen molar-refractivity contribution < 1.29 is 9.53 Å². The van der Waals surface area contributed by atoms with Crippen LogP contribution in [0.1, 0.15) is 18.1 Å². The third-order valence-corrected chi connectivity index (χ3v) is 4.16. The molecule has 0 N–H and O–H groups in total. The first-order chi connectivity index (χ1) is 10.2. The summed E-state index contributed by atoms with van der Waals surface area (Å²) in [5.74, 6) is 1.41. The van der Waals surface area contributed by atoms with Crippen molar-refractivity contribution in [3.05, 3.63) is 53.7 Å². The molecule has 0 spiro atoms. The molecule has 21 heavy (non-hydrogen) atoms. The second-order valence-corrected chi connectivity index (χ2v) is 5.63. The van der Waals surface area contributed by atoms with E-state index in [2.05, 4.69) is 4.98 Å². The Morgan fingerprint density at radius 2 is 2.05 bits per heavy atom. The summed E-state index contributed by atoms with van der Waals surface area (Å²) >= 11 is 1.49. The minimum absolute atomic E-state index is 0.178. The maximum Gasteiger partial charge on any atom is 0.147 e. The third-order valence-electron chi connectivity index (χ3n) is 2.99. The van der Waals surface area contributed by atoms with E-state index in [0.29, 0.717) is 18.8 Å². The zero-order valence-electron chi connectivity index (χ0n) is 12.3. The minimum atomic E-state index is 0.178. The number of aromatic nitrogens is 1. The number of hydrogen-bond acceptors (Lipinski definition) is 4. The summed E-state index contributed by atoms with van der Waals surface area (Å²) in [6, 6.07) is 11.6. The highest BCUT2D eigenvalue weighted by molar-refractivity contribution is 7.99. The number of carbonyl (C=O) groups excluding carboxylic acids is 1. The van der Waals surface area contributed by atoms with Crippen molar-refractivity contribution in [1.82, 2.24) is 4.98 Å². The molecular weight excluding hydrogens is 282 g/mol. The number of ether oxygens (including phenoxy) is 1. The lowest BCUT2D eigenvalue weighted by atomic mass is 10.1. The van der Waals surface area contributed by atoms with Crippen molar-refractivity contribution in [3.63, 3.8) is 0 Å². The molecule has 0 aliphatic carbocycles. The van der Waals surface area contributed by atoms with Crippen molar-refractivity contribution in [2.75, 3.05) is 12.4 Å². The number of ketones is 1. The third kappa shape index (κ3) is 4.60. The van der Waals surface area contributed by atoms with Crippen molar-refractivity contribution >= 4 is 17.5 Å². The molecule has 0 radical (unpaired) electrons. The summed E-state index contributed by atoms with van der Waals surface area (Å²) in [6.07, 6.45) is 2.15. The van der Waals surface area contributed by atoms with Gasteiger partial charge in [-0.1, -0.05) is 36.0 Å². The van der Waals surface area contributed by atoms with Crippen LogP contribution >= 0.6 is 11.8 Å². The van der Waals surface area contributed by atoms with Crippen LogP contribution in [-0.4, -0.2) is 23.1 Å². The van der Waals surface area contributed by atoms with Gasteiger partial charge in [-0.25, -0.2) is 4.98 Å². The van der Waals surface area contributed by atoms with Gasteiger partial charge in [0.05, 0.1) is 17.4 Å². The van der Waals surface area contributed by atoms with Crippen LogP contribution in [0.4, 0.5) is 0 Å². The van der Waals surface area contributed by atoms with E-state index in [1.807, 2.05) is 50.2 Å². The van der Waals surface area contributed by atoms with Crippen LogP contribution in [0.15, 0.2) is 47.6 Å². The summed E-state index contributed by atoms with van der Waals surface area (Å²) in [5.41, 5.74) is 2.05. The summed E-state index contributed by atoms with van der Waals surface area (Å²) in [7, 11) is 0. The van der Waals surface area contributed by atoms with Crippen molar-refractivity contribution in [2.24, 2.45) is 0 Å². The Morgan fingerprint density at radius 3 is 2.81 bits per heavy atom. The topological polar surface area (TPSA) is 39.2 Å². The first kappa shape index (κ1) is 15.6. The molecule has 2 rings (SSSR count). The van der Waals surface area contributed by atoms with E-state index < -0.39 is 0 Å². The quantitative estimate of drug-likeness (QED) is 0.731. The predicted octanol–water partition coefficient (Wildman–Crippen LogP) is 3.69. The number of benzene rings is 1. The molecule has 0 bridgehead atoms. The molecule has 2 aromatic rings. The second-order valence-electron chi connectivity index (χ2n) is 4.67. The number of Topliss-reactive ketones (excluding diaryl/α,β-unsaturated/α-hetero) is 1. The Balaban J connectivity index is 1.95. The van der Waals surface area contributed by atoms with Crippen LogP contribution in [0.3, 0.4) is 0 Å². The van der Waals surface area contributed by atoms with E-state index in [1.54, 1.807) is 6.20 Å². The van der Waals surface area contributed by atoms with E-state index in [0.717, 1.165) is 21.9 Å². The van der Waals surface area contributed by atoms with Gasteiger partial charge < -0.3 is 4.74 Å². The van der Waals surface area contributed by atoms with Crippen molar-refractivity contribution in [3.8, 4) is 5.75 Å². The summed E-state index contributed by atoms with van der Waals surface area (Å²) in [5, 5.41) is 0.920. The van der Waals surface area contributed by atoms with Crippen LogP contribution < -0.4 is 4.74 Å². The van der Waals surface area contributed by atoms with Gasteiger partial charge in [0.25, 0.3) is 0 Å². The Kier molecular flexibility index (Phi) is 5.81. The smallest absolute Gasteiger partial charge is 0.147 e. The molecule has 110 valence electrons. The number of carbonyl (C=O) groups is 1. The van der Waals surface area contributed by atoms with Crippen LogP contribution in [-0.2, 0) is 11.2 Å². The van der Waals surface area contributed by atoms with Crippen LogP contribution in [0.25, 0.3) is 0 Å². The van der Waals surface area contributed by atoms with Gasteiger partial charge in [0.15, 0.2) is 0 Å². The zero-order valence-corrected chi connectivity index (χ0v) is 13.2. The van der Waals surface area contributed by atoms with Crippen molar-refractivity contribution in [2.45, 2.75) is 25.3 Å². The summed E-state index contributed by atoms with van der Waals surface area (Å²) < 4.78 is 5.55. The van der Waals surface area contributed by atoms with Crippen LogP contribution in [0, 0.1) is 6.92 Å². The van der Waals surface area contributed by atoms with Gasteiger partial charge in [-0.2, -0.15) is 0 Å². The van der Waals surface area contributed by atoms with Gasteiger partial charge in [-0.05, 0) is 31.5 Å². The highest BCUT2D eigenvalue weighted by atomic mass is 32.2. The van der Waals surface area contributed by atoms with E-state index in [9.17, 15) is 4.79 Å². The average Bonchev–Trinajstić information content (AvgIpc) is 2.49. The molecule has 1 aromatic carbocycles. The molecule has 4 heteroatoms. The number of rotatable bonds is 7. The van der Waals surface area contributed by atoms with Crippen LogP contribution in [0.5, 0.6) is 5.75 Å². The molecule has 0 amide bonds. The number of nitrogens with zero attached hydrogens (tertiary/aromatic N) is 1. The molecule has 0 aliphatic heterocycles. The molecule has 0 aliphatic rings. The van der Waals surface area contributed by atoms with E-state index in [1.165, 1.54) is 11.8 Å². The highest BCUT2D eigenvalue weighted by Gasteiger charge is 2.10. The molecule has 3 nitrogen and oxygen atoms in total. The number of pyridine rings is 1. The van der Waals surface area contributed by atoms with Crippen molar-refractivity contribution in [1.29, 1.82) is 0 Å². The Morgan fingerprint density at radius 1 is 1.24 bits per heavy atom. The van der Waals surface area contributed by atoms with Crippen LogP contribution in [0.2, 0.25) is 0 Å². The van der Waals surface area contributed by atoms with E-state index in [4.69, 9.17) is 4.74 Å². The van der Waals surface area contributed by atoms with E-state index >= 15 is 0 Å². The van der Waals surface area contributed by atoms with Gasteiger partial charge in [0.2, 0.25) is 0 Å². The summed E-state index contributed by atoms with van der Waals surface area (Å²) in [4.78, 5) is 16.4. The predicted molar refractivity (Wildman–Crippen MR) is 86.0 cm³/mol. The molecule has 0 fully saturated rings. The van der Waals surface area contributed by atoms with Gasteiger partial charge in [0.1, 0.15) is 11.5 Å². The summed E-state index contributed by atoms with van der Waals surface area (Å²) in [6.45, 7) is 4.55. The average molecular weight is 301 g/mol. The Labute approximate surface area is 129 Å². The molecule has 0 saturated carbocycles. The first-order valence-electron chi connectivity index (χ1n) is 6.97. The fourth-order valence-corrected chi connectivity index (χ4v) is 2.81. The standard InChI is InChI=1S/C17H19NO2S/c1-3-20-16-9-5-4-8-14(16)11-15(19)12-21-17-13(2)7-6-10-18-17/h4-10H,3,11-12H2,1-2H3. The monoisotopic (exact) mass is 301 g/mol. The largest absolute Gasteiger partial charge is 0.494 e. The molecule has 0 atom stereocenters. The van der Waals surface area contributed by atoms with Gasteiger partial charge in [0, 0.05) is 18.2 Å². The lowest BCUT2D eigenvalue weighted by Gasteiger charge is -2.09. The number of thioether (sulfide) groups is 1. The van der Waals surface area contributed by atoms with Gasteiger partial charge in [-0.15, -0.1) is 0 Å². The number of hydrogen-bond donors (Lipinski definition) is 0. The fourth-order valence-electron chi connectivity index (χ4n) is 1.98. The van der Waals surface area contributed by atoms with E-state index in [-0.39, 0.29) is 5.78 Å². The minimum Gasteiger partial charge on any atom is -0.494 e. The maximum absolute atomic E-state index is 12.1. The lowest BCUT2D eigenvalue weighted by Crippen LogP contribution is -2.08. The number of aryl methyl sites for hydroxylation is 1. The normalized spacial score (nSPS) is 10.4. The SMILES string of the molecule is CCOc1ccccc1CC(=O)CSc1ncccc1C. The first-order valence-corrected chi connectivity index (χ1v) is 7.96. The lowest BCUT2D eigenvalue weighted by molar-refractivity contribution is -0.116. The molecular formula is C17H19NO2S. The molecule has 1 heterocycles. The zero-order chi connectivity index (χ0) is 15.1.